The number of carboxylic acids is 1. The van der Waals surface area contributed by atoms with Crippen molar-refractivity contribution in [1.29, 1.82) is 0 Å². The van der Waals surface area contributed by atoms with E-state index in [2.05, 4.69) is 4.98 Å². The van der Waals surface area contributed by atoms with E-state index in [0.717, 1.165) is 5.56 Å². The average molecular weight is 260 g/mol. The maximum absolute atomic E-state index is 12.8. The molecule has 1 unspecified atom stereocenters. The highest BCUT2D eigenvalue weighted by Crippen LogP contribution is 2.17. The number of benzene rings is 1. The van der Waals surface area contributed by atoms with E-state index in [-0.39, 0.29) is 12.2 Å². The van der Waals surface area contributed by atoms with Gasteiger partial charge in [0.15, 0.2) is 0 Å². The van der Waals surface area contributed by atoms with E-state index in [9.17, 15) is 9.18 Å². The van der Waals surface area contributed by atoms with Crippen LogP contribution in [-0.4, -0.2) is 22.1 Å². The Hall–Kier alpha value is -2.27. The van der Waals surface area contributed by atoms with Gasteiger partial charge in [0.05, 0.1) is 5.69 Å². The van der Waals surface area contributed by atoms with Gasteiger partial charge in [0.1, 0.15) is 11.9 Å². The normalized spacial score (nSPS) is 12.1. The maximum Gasteiger partial charge on any atom is 0.320 e. The third kappa shape index (κ3) is 3.35. The highest BCUT2D eigenvalue weighted by molar-refractivity contribution is 5.73. The zero-order chi connectivity index (χ0) is 13.8. The lowest BCUT2D eigenvalue weighted by Gasteiger charge is -2.07. The second kappa shape index (κ2) is 5.58. The molecule has 0 saturated heterocycles. The molecule has 0 fully saturated rings. The molecule has 0 amide bonds. The number of hydrogen-bond acceptors (Lipinski definition) is 3. The molecule has 98 valence electrons. The number of carboxylic acid groups (broad SMARTS) is 1. The lowest BCUT2D eigenvalue weighted by atomic mass is 10.1. The molecule has 1 heterocycles. The second-order valence-electron chi connectivity index (χ2n) is 4.17. The Labute approximate surface area is 109 Å². The Balaban J connectivity index is 2.24. The van der Waals surface area contributed by atoms with Gasteiger partial charge < -0.3 is 10.8 Å². The summed E-state index contributed by atoms with van der Waals surface area (Å²) in [7, 11) is 0. The average Bonchev–Trinajstić information content (AvgIpc) is 2.39. The summed E-state index contributed by atoms with van der Waals surface area (Å²) in [6, 6.07) is 10.3. The number of carbonyl (C=O) groups is 1. The van der Waals surface area contributed by atoms with Crippen LogP contribution in [0.5, 0.6) is 0 Å². The first-order valence-electron chi connectivity index (χ1n) is 5.76. The highest BCUT2D eigenvalue weighted by atomic mass is 19.1. The summed E-state index contributed by atoms with van der Waals surface area (Å²) < 4.78 is 12.8. The van der Waals surface area contributed by atoms with Crippen LogP contribution < -0.4 is 5.73 Å². The molecule has 0 aliphatic heterocycles. The number of aliphatic carboxylic acids is 1. The fourth-order valence-corrected chi connectivity index (χ4v) is 1.69. The zero-order valence-electron chi connectivity index (χ0n) is 10.1. The van der Waals surface area contributed by atoms with Gasteiger partial charge in [-0.2, -0.15) is 0 Å². The predicted molar refractivity (Wildman–Crippen MR) is 68.9 cm³/mol. The Bertz CT molecular complexity index is 584. The molecule has 0 saturated carbocycles. The Kier molecular flexibility index (Phi) is 3.87. The van der Waals surface area contributed by atoms with Crippen molar-refractivity contribution in [2.45, 2.75) is 12.5 Å². The molecule has 3 N–H and O–H groups in total. The number of aromatic nitrogens is 1. The molecule has 2 aromatic rings. The summed E-state index contributed by atoms with van der Waals surface area (Å²) in [6.07, 6.45) is 0.157. The summed E-state index contributed by atoms with van der Waals surface area (Å²) in [5.41, 5.74) is 7.49. The molecule has 0 radical (unpaired) electrons. The molecular weight excluding hydrogens is 247 g/mol. The summed E-state index contributed by atoms with van der Waals surface area (Å²) in [4.78, 5) is 15.0. The van der Waals surface area contributed by atoms with Crippen molar-refractivity contribution >= 4 is 5.97 Å². The maximum atomic E-state index is 12.8. The lowest BCUT2D eigenvalue weighted by molar-refractivity contribution is -0.138. The molecule has 2 rings (SSSR count). The molecule has 0 spiro atoms. The van der Waals surface area contributed by atoms with Crippen LogP contribution in [0.4, 0.5) is 4.39 Å². The Morgan fingerprint density at radius 2 is 1.95 bits per heavy atom. The smallest absolute Gasteiger partial charge is 0.320 e. The number of nitrogens with zero attached hydrogens (tertiary/aromatic N) is 1. The third-order valence-electron chi connectivity index (χ3n) is 2.69. The monoisotopic (exact) mass is 260 g/mol. The van der Waals surface area contributed by atoms with Gasteiger partial charge >= 0.3 is 5.97 Å². The van der Waals surface area contributed by atoms with E-state index in [1.807, 2.05) is 0 Å². The standard InChI is InChI=1S/C14H13FN2O2/c15-10-6-4-9(5-7-10)13-3-1-2-11(17-13)8-12(16)14(18)19/h1-7,12H,8,16H2,(H,18,19). The van der Waals surface area contributed by atoms with Gasteiger partial charge in [-0.25, -0.2) is 4.39 Å². The minimum atomic E-state index is -1.06. The first kappa shape index (κ1) is 13.2. The molecule has 1 aromatic heterocycles. The van der Waals surface area contributed by atoms with Crippen LogP contribution in [0.1, 0.15) is 5.69 Å². The minimum absolute atomic E-state index is 0.157. The number of pyridine rings is 1. The molecule has 4 nitrogen and oxygen atoms in total. The van der Waals surface area contributed by atoms with Crippen molar-refractivity contribution in [3.63, 3.8) is 0 Å². The molecular formula is C14H13FN2O2. The van der Waals surface area contributed by atoms with E-state index >= 15 is 0 Å². The molecule has 19 heavy (non-hydrogen) atoms. The van der Waals surface area contributed by atoms with Crippen LogP contribution in [0.25, 0.3) is 11.3 Å². The van der Waals surface area contributed by atoms with Crippen molar-refractivity contribution < 1.29 is 14.3 Å². The minimum Gasteiger partial charge on any atom is -0.480 e. The first-order chi connectivity index (χ1) is 9.06. The topological polar surface area (TPSA) is 76.2 Å². The van der Waals surface area contributed by atoms with E-state index in [0.29, 0.717) is 11.4 Å². The molecule has 5 heteroatoms. The second-order valence-corrected chi connectivity index (χ2v) is 4.17. The van der Waals surface area contributed by atoms with Crippen LogP contribution in [0, 0.1) is 5.82 Å². The lowest BCUT2D eigenvalue weighted by Crippen LogP contribution is -2.32. The SMILES string of the molecule is NC(Cc1cccc(-c2ccc(F)cc2)n1)C(=O)O. The summed E-state index contributed by atoms with van der Waals surface area (Å²) in [5.74, 6) is -1.37. The molecule has 1 aromatic carbocycles. The van der Waals surface area contributed by atoms with Gasteiger partial charge in [-0.05, 0) is 36.4 Å². The van der Waals surface area contributed by atoms with Crippen molar-refractivity contribution in [2.75, 3.05) is 0 Å². The number of nitrogens with two attached hydrogens (primary N) is 1. The molecule has 1 atom stereocenters. The summed E-state index contributed by atoms with van der Waals surface area (Å²) in [5, 5.41) is 8.77. The van der Waals surface area contributed by atoms with Gasteiger partial charge in [0, 0.05) is 17.7 Å². The van der Waals surface area contributed by atoms with Crippen molar-refractivity contribution in [1.82, 2.24) is 4.98 Å². The first-order valence-corrected chi connectivity index (χ1v) is 5.76. The highest BCUT2D eigenvalue weighted by Gasteiger charge is 2.13. The fourth-order valence-electron chi connectivity index (χ4n) is 1.69. The van der Waals surface area contributed by atoms with E-state index < -0.39 is 12.0 Å². The van der Waals surface area contributed by atoms with Gasteiger partial charge in [0.2, 0.25) is 0 Å². The van der Waals surface area contributed by atoms with E-state index in [4.69, 9.17) is 10.8 Å². The molecule has 0 aliphatic rings. The van der Waals surface area contributed by atoms with Gasteiger partial charge in [-0.1, -0.05) is 6.07 Å². The number of halogens is 1. The number of rotatable bonds is 4. The van der Waals surface area contributed by atoms with Crippen molar-refractivity contribution in [3.8, 4) is 11.3 Å². The van der Waals surface area contributed by atoms with Crippen molar-refractivity contribution in [3.05, 3.63) is 54.0 Å². The van der Waals surface area contributed by atoms with E-state index in [1.54, 1.807) is 30.3 Å². The molecule has 0 bridgehead atoms. The van der Waals surface area contributed by atoms with Crippen LogP contribution in [0.15, 0.2) is 42.5 Å². The van der Waals surface area contributed by atoms with Gasteiger partial charge in [-0.15, -0.1) is 0 Å². The molecule has 0 aliphatic carbocycles. The van der Waals surface area contributed by atoms with Crippen LogP contribution in [0.2, 0.25) is 0 Å². The summed E-state index contributed by atoms with van der Waals surface area (Å²) >= 11 is 0. The quantitative estimate of drug-likeness (QED) is 0.879. The van der Waals surface area contributed by atoms with Gasteiger partial charge in [0.25, 0.3) is 0 Å². The Morgan fingerprint density at radius 3 is 2.58 bits per heavy atom. The van der Waals surface area contributed by atoms with Crippen LogP contribution in [-0.2, 0) is 11.2 Å². The zero-order valence-corrected chi connectivity index (χ0v) is 10.1. The van der Waals surface area contributed by atoms with Crippen LogP contribution >= 0.6 is 0 Å². The predicted octanol–water partition coefficient (Wildman–Crippen LogP) is 1.84. The van der Waals surface area contributed by atoms with E-state index in [1.165, 1.54) is 12.1 Å². The van der Waals surface area contributed by atoms with Crippen LogP contribution in [0.3, 0.4) is 0 Å². The largest absolute Gasteiger partial charge is 0.480 e. The van der Waals surface area contributed by atoms with Gasteiger partial charge in [-0.3, -0.25) is 9.78 Å². The Morgan fingerprint density at radius 1 is 1.26 bits per heavy atom. The van der Waals surface area contributed by atoms with Crippen molar-refractivity contribution in [2.24, 2.45) is 5.73 Å². The number of hydrogen-bond donors (Lipinski definition) is 2. The summed E-state index contributed by atoms with van der Waals surface area (Å²) in [6.45, 7) is 0. The third-order valence-corrected chi connectivity index (χ3v) is 2.69. The fraction of sp³-hybridized carbons (Fsp3) is 0.143.